The molecule has 1 unspecified atom stereocenters. The molecule has 0 radical (unpaired) electrons. The fourth-order valence-corrected chi connectivity index (χ4v) is 10.7. The molecule has 0 saturated heterocycles. The summed E-state index contributed by atoms with van der Waals surface area (Å²) in [5.74, 6) is -0.848. The van der Waals surface area contributed by atoms with Gasteiger partial charge in [-0.3, -0.25) is 14.4 Å². The van der Waals surface area contributed by atoms with Crippen LogP contribution in [0, 0.1) is 0 Å². The van der Waals surface area contributed by atoms with Gasteiger partial charge in [-0.15, -0.1) is 0 Å². The summed E-state index contributed by atoms with van der Waals surface area (Å²) in [5, 5.41) is 0. The van der Waals surface area contributed by atoms with Crippen LogP contribution in [0.2, 0.25) is 0 Å². The molecule has 0 rings (SSSR count). The molecule has 0 bridgehead atoms. The van der Waals surface area contributed by atoms with Crippen LogP contribution in [0.3, 0.4) is 0 Å². The number of carbonyl (C=O) groups excluding carboxylic acids is 3. The number of ether oxygens (including phenoxy) is 3. The lowest BCUT2D eigenvalue weighted by Gasteiger charge is -2.18. The van der Waals surface area contributed by atoms with Crippen molar-refractivity contribution in [1.29, 1.82) is 0 Å². The van der Waals surface area contributed by atoms with Crippen LogP contribution in [0.4, 0.5) is 0 Å². The van der Waals surface area contributed by atoms with Crippen molar-refractivity contribution >= 4 is 17.9 Å². The molecule has 0 amide bonds. The second kappa shape index (κ2) is 68.9. The van der Waals surface area contributed by atoms with Gasteiger partial charge in [-0.2, -0.15) is 0 Å². The lowest BCUT2D eigenvalue weighted by molar-refractivity contribution is -0.167. The predicted octanol–water partition coefficient (Wildman–Crippen LogP) is 24.5. The quantitative estimate of drug-likeness (QED) is 0.0261. The van der Waals surface area contributed by atoms with E-state index >= 15 is 0 Å². The third-order valence-electron chi connectivity index (χ3n) is 16.1. The Labute approximate surface area is 498 Å². The highest BCUT2D eigenvalue weighted by molar-refractivity contribution is 5.71. The highest BCUT2D eigenvalue weighted by atomic mass is 16.6. The van der Waals surface area contributed by atoms with Crippen LogP contribution in [0.25, 0.3) is 0 Å². The Morgan fingerprint density at radius 2 is 0.450 bits per heavy atom. The largest absolute Gasteiger partial charge is 0.462 e. The molecule has 0 saturated carbocycles. The first-order chi connectivity index (χ1) is 39.5. The summed E-state index contributed by atoms with van der Waals surface area (Å²) in [7, 11) is 0. The van der Waals surface area contributed by atoms with Crippen LogP contribution < -0.4 is 0 Å². The minimum Gasteiger partial charge on any atom is -0.462 e. The van der Waals surface area contributed by atoms with E-state index in [0.29, 0.717) is 19.3 Å². The first-order valence-electron chi connectivity index (χ1n) is 35.6. The zero-order valence-electron chi connectivity index (χ0n) is 53.9. The Morgan fingerprint density at radius 1 is 0.250 bits per heavy atom. The first kappa shape index (κ1) is 77.4. The second-order valence-corrected chi connectivity index (χ2v) is 24.1. The molecule has 0 aromatic rings. The number of allylic oxidation sites excluding steroid dienone is 8. The molecule has 6 heteroatoms. The van der Waals surface area contributed by atoms with Gasteiger partial charge < -0.3 is 14.2 Å². The van der Waals surface area contributed by atoms with Gasteiger partial charge in [0.2, 0.25) is 0 Å². The maximum Gasteiger partial charge on any atom is 0.306 e. The van der Waals surface area contributed by atoms with Gasteiger partial charge in [0.15, 0.2) is 6.10 Å². The number of unbranched alkanes of at least 4 members (excludes halogenated alkanes) is 47. The van der Waals surface area contributed by atoms with Crippen LogP contribution in [-0.2, 0) is 28.6 Å². The van der Waals surface area contributed by atoms with Crippen molar-refractivity contribution in [3.05, 3.63) is 48.6 Å². The van der Waals surface area contributed by atoms with E-state index in [2.05, 4.69) is 69.4 Å². The summed E-state index contributed by atoms with van der Waals surface area (Å²) >= 11 is 0. The number of rotatable bonds is 66. The number of hydrogen-bond acceptors (Lipinski definition) is 6. The van der Waals surface area contributed by atoms with Gasteiger partial charge in [-0.05, 0) is 83.5 Å². The maximum absolute atomic E-state index is 13.0. The predicted molar refractivity (Wildman–Crippen MR) is 349 cm³/mol. The molecule has 0 fully saturated rings. The molecule has 0 aliphatic heterocycles. The number of esters is 3. The van der Waals surface area contributed by atoms with Gasteiger partial charge in [-0.1, -0.05) is 333 Å². The van der Waals surface area contributed by atoms with Crippen molar-refractivity contribution in [2.45, 2.75) is 393 Å². The van der Waals surface area contributed by atoms with Crippen LogP contribution in [0.5, 0.6) is 0 Å². The smallest absolute Gasteiger partial charge is 0.306 e. The molecule has 1 atom stereocenters. The molecule has 80 heavy (non-hydrogen) atoms. The van der Waals surface area contributed by atoms with Crippen LogP contribution in [0.1, 0.15) is 387 Å². The normalized spacial score (nSPS) is 12.3. The molecule has 0 aliphatic rings. The summed E-state index contributed by atoms with van der Waals surface area (Å²) in [6.07, 6.45) is 87.0. The fraction of sp³-hybridized carbons (Fsp3) is 0.851. The van der Waals surface area contributed by atoms with E-state index in [-0.39, 0.29) is 31.1 Å². The van der Waals surface area contributed by atoms with Crippen molar-refractivity contribution in [3.8, 4) is 0 Å². The summed E-state index contributed by atoms with van der Waals surface area (Å²) in [4.78, 5) is 38.4. The van der Waals surface area contributed by atoms with E-state index < -0.39 is 6.10 Å². The molecule has 6 nitrogen and oxygen atoms in total. The number of carbonyl (C=O) groups is 3. The van der Waals surface area contributed by atoms with Crippen molar-refractivity contribution in [1.82, 2.24) is 0 Å². The monoisotopic (exact) mass is 1120 g/mol. The van der Waals surface area contributed by atoms with Crippen molar-refractivity contribution in [3.63, 3.8) is 0 Å². The third-order valence-corrected chi connectivity index (χ3v) is 16.1. The average Bonchev–Trinajstić information content (AvgIpc) is 3.46. The van der Waals surface area contributed by atoms with Crippen LogP contribution in [-0.4, -0.2) is 37.2 Å². The second-order valence-electron chi connectivity index (χ2n) is 24.1. The zero-order chi connectivity index (χ0) is 57.8. The Bertz CT molecular complexity index is 1380. The summed E-state index contributed by atoms with van der Waals surface area (Å²) in [6.45, 7) is 6.69. The standard InChI is InChI=1S/C74H136O6/c1-4-7-10-13-16-19-22-25-28-30-32-34-36-37-39-40-42-44-46-49-52-55-58-61-64-67-73(76)79-70-71(69-78-72(75)66-63-60-57-54-51-48-27-24-21-18-15-12-9-6-3)80-74(77)68-65-62-59-56-53-50-47-45-43-41-38-35-33-31-29-26-23-20-17-14-11-8-5-2/h22,25,30-33,36-37,71H,4-21,23-24,26-29,34-35,38-70H2,1-3H3/b25-22-,32-30-,33-31-,37-36-. The van der Waals surface area contributed by atoms with E-state index in [1.807, 2.05) is 0 Å². The minimum atomic E-state index is -0.774. The van der Waals surface area contributed by atoms with Gasteiger partial charge in [0.25, 0.3) is 0 Å². The fourth-order valence-electron chi connectivity index (χ4n) is 10.7. The van der Waals surface area contributed by atoms with Crippen molar-refractivity contribution in [2.75, 3.05) is 13.2 Å². The minimum absolute atomic E-state index is 0.0698. The average molecular weight is 1120 g/mol. The zero-order valence-corrected chi connectivity index (χ0v) is 53.9. The summed E-state index contributed by atoms with van der Waals surface area (Å²) in [5.41, 5.74) is 0. The summed E-state index contributed by atoms with van der Waals surface area (Å²) < 4.78 is 17.0. The maximum atomic E-state index is 13.0. The molecule has 0 heterocycles. The van der Waals surface area contributed by atoms with Crippen molar-refractivity contribution in [2.24, 2.45) is 0 Å². The number of hydrogen-bond donors (Lipinski definition) is 0. The van der Waals surface area contributed by atoms with Crippen LogP contribution >= 0.6 is 0 Å². The van der Waals surface area contributed by atoms with Gasteiger partial charge in [0.1, 0.15) is 13.2 Å². The van der Waals surface area contributed by atoms with Gasteiger partial charge in [0, 0.05) is 19.3 Å². The molecule has 0 spiro atoms. The molecule has 0 N–H and O–H groups in total. The highest BCUT2D eigenvalue weighted by Crippen LogP contribution is 2.18. The first-order valence-corrected chi connectivity index (χ1v) is 35.6. The lowest BCUT2D eigenvalue weighted by Crippen LogP contribution is -2.30. The molecular formula is C74H136O6. The molecule has 0 aliphatic carbocycles. The van der Waals surface area contributed by atoms with Crippen LogP contribution in [0.15, 0.2) is 48.6 Å². The molecule has 0 aromatic heterocycles. The SMILES string of the molecule is CCCCCCC/C=C\C/C=C\C/C=C\CCCCCCCCCCCCC(=O)OCC(COC(=O)CCCCCCCCCCCCCCCC)OC(=O)CCCCCCCCCCCCC/C=C\CCCCCCCCCC. The topological polar surface area (TPSA) is 78.9 Å². The lowest BCUT2D eigenvalue weighted by atomic mass is 10.0. The molecule has 0 aromatic carbocycles. The van der Waals surface area contributed by atoms with E-state index in [0.717, 1.165) is 70.6 Å². The molecular weight excluding hydrogens is 985 g/mol. The van der Waals surface area contributed by atoms with E-state index in [4.69, 9.17) is 14.2 Å². The Balaban J connectivity index is 4.28. The van der Waals surface area contributed by atoms with Gasteiger partial charge in [0.05, 0.1) is 0 Å². The third kappa shape index (κ3) is 66.2. The summed E-state index contributed by atoms with van der Waals surface area (Å²) in [6, 6.07) is 0. The van der Waals surface area contributed by atoms with E-state index in [9.17, 15) is 14.4 Å². The van der Waals surface area contributed by atoms with E-state index in [1.54, 1.807) is 0 Å². The Kier molecular flexibility index (Phi) is 66.6. The van der Waals surface area contributed by atoms with Gasteiger partial charge >= 0.3 is 17.9 Å². The van der Waals surface area contributed by atoms with Crippen molar-refractivity contribution < 1.29 is 28.6 Å². The van der Waals surface area contributed by atoms with Gasteiger partial charge in [-0.25, -0.2) is 0 Å². The Morgan fingerprint density at radius 3 is 0.713 bits per heavy atom. The van der Waals surface area contributed by atoms with E-state index in [1.165, 1.54) is 276 Å². The molecule has 468 valence electrons. The highest BCUT2D eigenvalue weighted by Gasteiger charge is 2.19. The Hall–Kier alpha value is -2.63.